The molecule has 0 saturated heterocycles. The number of pyridine rings is 1. The maximum absolute atomic E-state index is 5.48. The van der Waals surface area contributed by atoms with Gasteiger partial charge in [0.2, 0.25) is 0 Å². The second-order valence-corrected chi connectivity index (χ2v) is 5.62. The van der Waals surface area contributed by atoms with E-state index < -0.39 is 0 Å². The fourth-order valence-corrected chi connectivity index (χ4v) is 2.30. The lowest BCUT2D eigenvalue weighted by molar-refractivity contribution is 0.670. The number of rotatable bonds is 8. The van der Waals surface area contributed by atoms with E-state index >= 15 is 0 Å². The Kier molecular flexibility index (Phi) is 5.43. The molecular formula is C17H25N3. The van der Waals surface area contributed by atoms with Crippen LogP contribution in [0, 0.1) is 25.2 Å². The molecule has 0 aromatic carbocycles. The molecule has 1 aliphatic carbocycles. The first kappa shape index (κ1) is 14.9. The molecule has 0 amide bonds. The summed E-state index contributed by atoms with van der Waals surface area (Å²) in [6.07, 6.45) is 9.30. The maximum atomic E-state index is 5.48. The van der Waals surface area contributed by atoms with E-state index in [4.69, 9.17) is 11.4 Å². The minimum Gasteiger partial charge on any atom is -0.345 e. The lowest BCUT2D eigenvalue weighted by Crippen LogP contribution is -2.27. The minimum absolute atomic E-state index is 0.649. The van der Waals surface area contributed by atoms with Gasteiger partial charge < -0.3 is 10.2 Å². The Balaban J connectivity index is 2.03. The van der Waals surface area contributed by atoms with Crippen molar-refractivity contribution < 1.29 is 0 Å². The molecule has 0 radical (unpaired) electrons. The monoisotopic (exact) mass is 271 g/mol. The molecular weight excluding hydrogens is 246 g/mol. The highest BCUT2D eigenvalue weighted by molar-refractivity contribution is 5.43. The van der Waals surface area contributed by atoms with Crippen LogP contribution >= 0.6 is 0 Å². The lowest BCUT2D eigenvalue weighted by atomic mass is 10.2. The first-order valence-electron chi connectivity index (χ1n) is 7.60. The van der Waals surface area contributed by atoms with Crippen molar-refractivity contribution in [3.8, 4) is 12.3 Å². The van der Waals surface area contributed by atoms with Crippen LogP contribution in [0.2, 0.25) is 0 Å². The van der Waals surface area contributed by atoms with E-state index in [1.807, 2.05) is 0 Å². The number of hydrogen-bond donors (Lipinski definition) is 1. The topological polar surface area (TPSA) is 28.2 Å². The molecule has 0 bridgehead atoms. The van der Waals surface area contributed by atoms with Crippen molar-refractivity contribution in [1.29, 1.82) is 0 Å². The van der Waals surface area contributed by atoms with Crippen molar-refractivity contribution in [2.24, 2.45) is 5.92 Å². The molecule has 0 aliphatic heterocycles. The van der Waals surface area contributed by atoms with Crippen molar-refractivity contribution in [1.82, 2.24) is 10.3 Å². The van der Waals surface area contributed by atoms with Gasteiger partial charge in [0.15, 0.2) is 0 Å². The van der Waals surface area contributed by atoms with Crippen LogP contribution in [0.1, 0.15) is 37.4 Å². The van der Waals surface area contributed by atoms with Gasteiger partial charge in [0.05, 0.1) is 6.54 Å². The molecule has 0 spiro atoms. The van der Waals surface area contributed by atoms with E-state index in [1.165, 1.54) is 18.4 Å². The number of aryl methyl sites for hydroxylation is 1. The van der Waals surface area contributed by atoms with Gasteiger partial charge in [-0.05, 0) is 50.3 Å². The molecule has 1 fully saturated rings. The van der Waals surface area contributed by atoms with Crippen LogP contribution in [0.25, 0.3) is 0 Å². The molecule has 0 atom stereocenters. The van der Waals surface area contributed by atoms with Gasteiger partial charge in [-0.3, -0.25) is 0 Å². The third kappa shape index (κ3) is 4.25. The SMILES string of the molecule is C#CCN(CC1CC1)c1ccc(CNCCC)c(C)n1. The fraction of sp³-hybridized carbons (Fsp3) is 0.588. The molecule has 1 aromatic rings. The van der Waals surface area contributed by atoms with E-state index in [0.717, 1.165) is 43.5 Å². The van der Waals surface area contributed by atoms with Gasteiger partial charge in [-0.25, -0.2) is 4.98 Å². The predicted molar refractivity (Wildman–Crippen MR) is 84.7 cm³/mol. The van der Waals surface area contributed by atoms with Crippen LogP contribution in [0.15, 0.2) is 12.1 Å². The fourth-order valence-electron chi connectivity index (χ4n) is 2.30. The largest absolute Gasteiger partial charge is 0.345 e. The van der Waals surface area contributed by atoms with E-state index in [0.29, 0.717) is 6.54 Å². The van der Waals surface area contributed by atoms with Crippen molar-refractivity contribution >= 4 is 5.82 Å². The molecule has 1 aromatic heterocycles. The lowest BCUT2D eigenvalue weighted by Gasteiger charge is -2.22. The Bertz CT molecular complexity index is 472. The highest BCUT2D eigenvalue weighted by Crippen LogP contribution is 2.31. The summed E-state index contributed by atoms with van der Waals surface area (Å²) in [5.74, 6) is 4.59. The average Bonchev–Trinajstić information content (AvgIpc) is 3.24. The second kappa shape index (κ2) is 7.31. The van der Waals surface area contributed by atoms with Gasteiger partial charge in [0, 0.05) is 18.8 Å². The summed E-state index contributed by atoms with van der Waals surface area (Å²) in [7, 11) is 0. The molecule has 1 N–H and O–H groups in total. The normalized spacial score (nSPS) is 14.1. The Labute approximate surface area is 122 Å². The smallest absolute Gasteiger partial charge is 0.129 e. The quantitative estimate of drug-likeness (QED) is 0.582. The number of nitrogens with one attached hydrogen (secondary N) is 1. The van der Waals surface area contributed by atoms with Crippen LogP contribution in [0.5, 0.6) is 0 Å². The highest BCUT2D eigenvalue weighted by Gasteiger charge is 2.24. The summed E-state index contributed by atoms with van der Waals surface area (Å²) in [6.45, 7) is 7.89. The zero-order valence-corrected chi connectivity index (χ0v) is 12.7. The summed E-state index contributed by atoms with van der Waals surface area (Å²) in [5, 5.41) is 3.42. The Morgan fingerprint density at radius 3 is 2.85 bits per heavy atom. The van der Waals surface area contributed by atoms with Gasteiger partial charge in [-0.2, -0.15) is 0 Å². The molecule has 3 nitrogen and oxygen atoms in total. The number of hydrogen-bond acceptors (Lipinski definition) is 3. The molecule has 3 heteroatoms. The van der Waals surface area contributed by atoms with E-state index in [-0.39, 0.29) is 0 Å². The minimum atomic E-state index is 0.649. The van der Waals surface area contributed by atoms with Crippen LogP contribution < -0.4 is 10.2 Å². The molecule has 1 aliphatic rings. The van der Waals surface area contributed by atoms with Gasteiger partial charge in [-0.15, -0.1) is 6.42 Å². The van der Waals surface area contributed by atoms with E-state index in [2.05, 4.69) is 42.1 Å². The summed E-state index contributed by atoms with van der Waals surface area (Å²) in [6, 6.07) is 4.28. The van der Waals surface area contributed by atoms with Crippen LogP contribution in [-0.2, 0) is 6.54 Å². The summed E-state index contributed by atoms with van der Waals surface area (Å²) in [4.78, 5) is 6.97. The molecule has 20 heavy (non-hydrogen) atoms. The van der Waals surface area contributed by atoms with Crippen molar-refractivity contribution in [3.05, 3.63) is 23.4 Å². The van der Waals surface area contributed by atoms with Gasteiger partial charge in [0.1, 0.15) is 5.82 Å². The standard InChI is InChI=1S/C17H25N3/c1-4-10-18-12-16-8-9-17(19-14(16)3)20(11-5-2)13-15-6-7-15/h2,8-9,15,18H,4,6-7,10-13H2,1,3H3. The van der Waals surface area contributed by atoms with Crippen LogP contribution in [0.4, 0.5) is 5.82 Å². The number of aromatic nitrogens is 1. The summed E-state index contributed by atoms with van der Waals surface area (Å²) in [5.41, 5.74) is 2.37. The Hall–Kier alpha value is -1.53. The average molecular weight is 271 g/mol. The van der Waals surface area contributed by atoms with Gasteiger partial charge >= 0.3 is 0 Å². The molecule has 0 unspecified atom stereocenters. The van der Waals surface area contributed by atoms with Gasteiger partial charge in [0.25, 0.3) is 0 Å². The summed E-state index contributed by atoms with van der Waals surface area (Å²) >= 11 is 0. The summed E-state index contributed by atoms with van der Waals surface area (Å²) < 4.78 is 0. The molecule has 1 saturated carbocycles. The van der Waals surface area contributed by atoms with Crippen molar-refractivity contribution in [3.63, 3.8) is 0 Å². The van der Waals surface area contributed by atoms with Crippen LogP contribution in [-0.4, -0.2) is 24.6 Å². The number of nitrogens with zero attached hydrogens (tertiary/aromatic N) is 2. The maximum Gasteiger partial charge on any atom is 0.129 e. The molecule has 1 heterocycles. The zero-order valence-electron chi connectivity index (χ0n) is 12.7. The number of anilines is 1. The van der Waals surface area contributed by atoms with Crippen molar-refractivity contribution in [2.45, 2.75) is 39.7 Å². The van der Waals surface area contributed by atoms with E-state index in [9.17, 15) is 0 Å². The zero-order chi connectivity index (χ0) is 14.4. The second-order valence-electron chi connectivity index (χ2n) is 5.62. The van der Waals surface area contributed by atoms with Gasteiger partial charge in [-0.1, -0.05) is 18.9 Å². The molecule has 108 valence electrons. The van der Waals surface area contributed by atoms with E-state index in [1.54, 1.807) is 0 Å². The number of terminal acetylenes is 1. The Morgan fingerprint density at radius 1 is 1.45 bits per heavy atom. The first-order chi connectivity index (χ1) is 9.74. The highest BCUT2D eigenvalue weighted by atomic mass is 15.2. The third-order valence-electron chi connectivity index (χ3n) is 3.70. The first-order valence-corrected chi connectivity index (χ1v) is 7.60. The van der Waals surface area contributed by atoms with Crippen LogP contribution in [0.3, 0.4) is 0 Å². The van der Waals surface area contributed by atoms with Crippen molar-refractivity contribution in [2.75, 3.05) is 24.5 Å². The Morgan fingerprint density at radius 2 is 2.25 bits per heavy atom. The predicted octanol–water partition coefficient (Wildman–Crippen LogP) is 2.74. The molecule has 2 rings (SSSR count). The third-order valence-corrected chi connectivity index (χ3v) is 3.70.